The molecule has 1 heterocycles. The summed E-state index contributed by atoms with van der Waals surface area (Å²) in [6.07, 6.45) is 8.58. The van der Waals surface area contributed by atoms with Gasteiger partial charge in [-0.1, -0.05) is 123 Å². The molecule has 0 N–H and O–H groups in total. The number of benzene rings is 4. The highest BCUT2D eigenvalue weighted by molar-refractivity contribution is 5.84. The lowest BCUT2D eigenvalue weighted by molar-refractivity contribution is 0.660. The lowest BCUT2D eigenvalue weighted by Crippen LogP contribution is -2.14. The van der Waals surface area contributed by atoms with Gasteiger partial charge in [-0.3, -0.25) is 0 Å². The second-order valence-electron chi connectivity index (χ2n) is 10.8. The van der Waals surface area contributed by atoms with Crippen LogP contribution in [0.4, 0.5) is 0 Å². The van der Waals surface area contributed by atoms with Crippen LogP contribution in [-0.2, 0) is 5.41 Å². The fourth-order valence-corrected chi connectivity index (χ4v) is 5.83. The van der Waals surface area contributed by atoms with Gasteiger partial charge in [-0.15, -0.1) is 0 Å². The first kappa shape index (κ1) is 23.5. The molecule has 0 spiro atoms. The lowest BCUT2D eigenvalue weighted by atomic mass is 9.81. The van der Waals surface area contributed by atoms with Gasteiger partial charge in [0.2, 0.25) is 0 Å². The van der Waals surface area contributed by atoms with Crippen molar-refractivity contribution in [2.45, 2.75) is 32.1 Å². The van der Waals surface area contributed by atoms with Crippen LogP contribution in [0.2, 0.25) is 0 Å². The van der Waals surface area contributed by atoms with E-state index in [9.17, 15) is 0 Å². The van der Waals surface area contributed by atoms with E-state index in [0.717, 1.165) is 35.4 Å². The molecule has 3 heteroatoms. The molecule has 0 unspecified atom stereocenters. The van der Waals surface area contributed by atoms with Crippen LogP contribution in [0.3, 0.4) is 0 Å². The van der Waals surface area contributed by atoms with Gasteiger partial charge in [0.15, 0.2) is 17.5 Å². The van der Waals surface area contributed by atoms with Crippen LogP contribution in [0, 0.1) is 0 Å². The van der Waals surface area contributed by atoms with Crippen molar-refractivity contribution in [3.8, 4) is 45.0 Å². The molecule has 0 saturated carbocycles. The molecule has 5 aromatic rings. The summed E-state index contributed by atoms with van der Waals surface area (Å²) in [5.74, 6) is 2.11. The van der Waals surface area contributed by atoms with Gasteiger partial charge in [0.25, 0.3) is 0 Å². The van der Waals surface area contributed by atoms with E-state index in [1.165, 1.54) is 33.4 Å². The number of aromatic nitrogens is 3. The van der Waals surface area contributed by atoms with Crippen molar-refractivity contribution in [2.75, 3.05) is 0 Å². The van der Waals surface area contributed by atoms with Crippen LogP contribution < -0.4 is 0 Å². The van der Waals surface area contributed by atoms with E-state index in [0.29, 0.717) is 11.6 Å². The van der Waals surface area contributed by atoms with Gasteiger partial charge in [-0.05, 0) is 52.3 Å². The Labute approximate surface area is 229 Å². The molecule has 1 aromatic heterocycles. The molecule has 0 saturated heterocycles. The minimum atomic E-state index is -0.0146. The third-order valence-electron chi connectivity index (χ3n) is 7.98. The highest BCUT2D eigenvalue weighted by Crippen LogP contribution is 2.49. The average Bonchev–Trinajstić information content (AvgIpc) is 3.24. The lowest BCUT2D eigenvalue weighted by Gasteiger charge is -2.22. The van der Waals surface area contributed by atoms with Gasteiger partial charge >= 0.3 is 0 Å². The van der Waals surface area contributed by atoms with Crippen LogP contribution in [0.15, 0.2) is 115 Å². The fraction of sp³-hybridized carbons (Fsp3) is 0.139. The van der Waals surface area contributed by atoms with Crippen molar-refractivity contribution in [1.29, 1.82) is 0 Å². The van der Waals surface area contributed by atoms with Crippen molar-refractivity contribution in [1.82, 2.24) is 15.0 Å². The summed E-state index contributed by atoms with van der Waals surface area (Å²) in [6, 6.07) is 34.4. The van der Waals surface area contributed by atoms with E-state index in [1.807, 2.05) is 30.3 Å². The number of nitrogens with zero attached hydrogens (tertiary/aromatic N) is 3. The maximum Gasteiger partial charge on any atom is 0.164 e. The molecule has 0 bridgehead atoms. The molecule has 0 atom stereocenters. The Balaban J connectivity index is 1.27. The van der Waals surface area contributed by atoms with Gasteiger partial charge in [0.05, 0.1) is 0 Å². The van der Waals surface area contributed by atoms with Crippen LogP contribution in [0.5, 0.6) is 0 Å². The maximum atomic E-state index is 4.90. The second kappa shape index (κ2) is 9.28. The highest BCUT2D eigenvalue weighted by atomic mass is 15.0. The first-order valence-corrected chi connectivity index (χ1v) is 13.6. The van der Waals surface area contributed by atoms with Gasteiger partial charge in [0, 0.05) is 22.1 Å². The normalized spacial score (nSPS) is 15.0. The molecule has 39 heavy (non-hydrogen) atoms. The number of allylic oxidation sites excluding steroid dienone is 4. The third kappa shape index (κ3) is 4.11. The second-order valence-corrected chi connectivity index (χ2v) is 10.8. The molecule has 188 valence electrons. The predicted octanol–water partition coefficient (Wildman–Crippen LogP) is 8.91. The Morgan fingerprint density at radius 3 is 1.90 bits per heavy atom. The van der Waals surface area contributed by atoms with Crippen molar-refractivity contribution in [3.05, 3.63) is 132 Å². The standard InChI is InChI=1S/C36H29N3/c1-36(2)31-16-10-9-15-29(31)30-22-21-28(23-32(30)36)24-17-19-27(20-18-24)35-38-33(25-11-5-3-6-12-25)37-34(39-35)26-13-7-4-8-14-26/h3,5-7,9-23H,4,8H2,1-2H3. The van der Waals surface area contributed by atoms with E-state index in [2.05, 4.69) is 98.8 Å². The molecule has 0 aliphatic heterocycles. The molecule has 0 amide bonds. The average molecular weight is 504 g/mol. The molecule has 2 aliphatic carbocycles. The summed E-state index contributed by atoms with van der Waals surface area (Å²) >= 11 is 0. The highest BCUT2D eigenvalue weighted by Gasteiger charge is 2.35. The minimum absolute atomic E-state index is 0.0146. The molecular formula is C36H29N3. The Kier molecular flexibility index (Phi) is 5.59. The molecule has 3 nitrogen and oxygen atoms in total. The summed E-state index contributed by atoms with van der Waals surface area (Å²) in [5, 5.41) is 0. The quantitative estimate of drug-likeness (QED) is 0.246. The van der Waals surface area contributed by atoms with Crippen LogP contribution in [-0.4, -0.2) is 15.0 Å². The van der Waals surface area contributed by atoms with E-state index in [1.54, 1.807) is 0 Å². The molecule has 4 aromatic carbocycles. The summed E-state index contributed by atoms with van der Waals surface area (Å²) in [6.45, 7) is 4.65. The van der Waals surface area contributed by atoms with Crippen LogP contribution >= 0.6 is 0 Å². The summed E-state index contributed by atoms with van der Waals surface area (Å²) in [7, 11) is 0. The van der Waals surface area contributed by atoms with Gasteiger partial charge in [0.1, 0.15) is 0 Å². The van der Waals surface area contributed by atoms with Crippen molar-refractivity contribution < 1.29 is 0 Å². The number of rotatable bonds is 4. The minimum Gasteiger partial charge on any atom is -0.208 e. The Morgan fingerprint density at radius 1 is 0.538 bits per heavy atom. The summed E-state index contributed by atoms with van der Waals surface area (Å²) < 4.78 is 0. The van der Waals surface area contributed by atoms with E-state index < -0.39 is 0 Å². The SMILES string of the molecule is CC1(C)c2ccccc2-c2ccc(-c3ccc(-c4nc(C5=CCCC=C5)nc(-c5ccccc5)n4)cc3)cc21. The molecular weight excluding hydrogens is 474 g/mol. The Bertz CT molecular complexity index is 1760. The zero-order chi connectivity index (χ0) is 26.4. The Hall–Kier alpha value is -4.63. The summed E-state index contributed by atoms with van der Waals surface area (Å²) in [5.41, 5.74) is 10.9. The van der Waals surface area contributed by atoms with Crippen LogP contribution in [0.1, 0.15) is 43.6 Å². The molecule has 0 fully saturated rings. The van der Waals surface area contributed by atoms with Gasteiger partial charge in [-0.2, -0.15) is 0 Å². The van der Waals surface area contributed by atoms with E-state index in [-0.39, 0.29) is 5.41 Å². The van der Waals surface area contributed by atoms with Gasteiger partial charge < -0.3 is 0 Å². The molecule has 7 rings (SSSR count). The topological polar surface area (TPSA) is 38.7 Å². The van der Waals surface area contributed by atoms with E-state index >= 15 is 0 Å². The van der Waals surface area contributed by atoms with Crippen molar-refractivity contribution in [2.24, 2.45) is 0 Å². The van der Waals surface area contributed by atoms with E-state index in [4.69, 9.17) is 15.0 Å². The zero-order valence-electron chi connectivity index (χ0n) is 22.2. The summed E-state index contributed by atoms with van der Waals surface area (Å²) in [4.78, 5) is 14.6. The predicted molar refractivity (Wildman–Crippen MR) is 160 cm³/mol. The third-order valence-corrected chi connectivity index (χ3v) is 7.98. The molecule has 2 aliphatic rings. The zero-order valence-corrected chi connectivity index (χ0v) is 22.2. The largest absolute Gasteiger partial charge is 0.208 e. The van der Waals surface area contributed by atoms with Gasteiger partial charge in [-0.25, -0.2) is 15.0 Å². The van der Waals surface area contributed by atoms with Crippen molar-refractivity contribution >= 4 is 5.57 Å². The van der Waals surface area contributed by atoms with Crippen LogP contribution in [0.25, 0.3) is 50.6 Å². The number of hydrogen-bond donors (Lipinski definition) is 0. The first-order valence-electron chi connectivity index (χ1n) is 13.6. The molecule has 0 radical (unpaired) electrons. The first-order chi connectivity index (χ1) is 19.1. The van der Waals surface area contributed by atoms with Crippen molar-refractivity contribution in [3.63, 3.8) is 0 Å². The smallest absolute Gasteiger partial charge is 0.164 e. The number of fused-ring (bicyclic) bond motifs is 3. The monoisotopic (exact) mass is 503 g/mol. The number of hydrogen-bond acceptors (Lipinski definition) is 3. The Morgan fingerprint density at radius 2 is 1.15 bits per heavy atom. The fourth-order valence-electron chi connectivity index (χ4n) is 5.83. The maximum absolute atomic E-state index is 4.90.